The number of aryl methyl sites for hydroxylation is 1. The Balaban J connectivity index is 1.52. The van der Waals surface area contributed by atoms with Gasteiger partial charge in [-0.25, -0.2) is 4.79 Å². The Labute approximate surface area is 152 Å². The number of amides is 2. The molecule has 0 radical (unpaired) electrons. The number of nitrogens with one attached hydrogen (secondary N) is 2. The largest absolute Gasteiger partial charge is 0.324 e. The molecule has 2 amide bonds. The van der Waals surface area contributed by atoms with Gasteiger partial charge in [-0.3, -0.25) is 0 Å². The molecule has 4 nitrogen and oxygen atoms in total. The number of fused-ring (bicyclic) bond motifs is 1. The minimum atomic E-state index is 0.0632. The molecule has 3 rings (SSSR count). The number of rotatable bonds is 3. The monoisotopic (exact) mass is 343 g/mol. The fourth-order valence-electron chi connectivity index (χ4n) is 3.83. The highest BCUT2D eigenvalue weighted by Gasteiger charge is 2.24. The Bertz CT molecular complexity index is 598. The van der Waals surface area contributed by atoms with Gasteiger partial charge in [-0.2, -0.15) is 0 Å². The number of carbonyl (C=O) groups excluding carboxylic acids is 1. The molecule has 0 bridgehead atoms. The van der Waals surface area contributed by atoms with Gasteiger partial charge in [-0.15, -0.1) is 0 Å². The van der Waals surface area contributed by atoms with Crippen molar-refractivity contribution in [3.63, 3.8) is 0 Å². The highest BCUT2D eigenvalue weighted by molar-refractivity contribution is 5.90. The number of urea groups is 1. The number of likely N-dealkylation sites (tertiary alicyclic amines) is 1. The zero-order chi connectivity index (χ0) is 17.9. The molecule has 0 spiro atoms. The van der Waals surface area contributed by atoms with Gasteiger partial charge in [-0.1, -0.05) is 32.9 Å². The highest BCUT2D eigenvalue weighted by Crippen LogP contribution is 2.28. The third-order valence-corrected chi connectivity index (χ3v) is 5.34. The average Bonchev–Trinajstić information content (AvgIpc) is 2.60. The number of nitrogens with zero attached hydrogens (tertiary/aromatic N) is 1. The highest BCUT2D eigenvalue weighted by atomic mass is 16.2. The first kappa shape index (κ1) is 18.2. The molecule has 0 atom stereocenters. The molecular weight excluding hydrogens is 310 g/mol. The van der Waals surface area contributed by atoms with Crippen molar-refractivity contribution in [3.05, 3.63) is 29.3 Å². The van der Waals surface area contributed by atoms with E-state index in [1.165, 1.54) is 24.0 Å². The van der Waals surface area contributed by atoms with Gasteiger partial charge >= 0.3 is 6.03 Å². The summed E-state index contributed by atoms with van der Waals surface area (Å²) in [7, 11) is 0. The summed E-state index contributed by atoms with van der Waals surface area (Å²) in [5.74, 6) is 0. The van der Waals surface area contributed by atoms with Crippen LogP contribution in [0.1, 0.15) is 57.6 Å². The zero-order valence-electron chi connectivity index (χ0n) is 16.0. The first-order chi connectivity index (χ1) is 11.9. The summed E-state index contributed by atoms with van der Waals surface area (Å²) in [6, 6.07) is 6.93. The summed E-state index contributed by atoms with van der Waals surface area (Å²) in [4.78, 5) is 14.6. The zero-order valence-corrected chi connectivity index (χ0v) is 16.0. The lowest BCUT2D eigenvalue weighted by Gasteiger charge is -2.34. The quantitative estimate of drug-likeness (QED) is 0.864. The van der Waals surface area contributed by atoms with Crippen LogP contribution in [-0.4, -0.2) is 36.6 Å². The maximum absolute atomic E-state index is 12.7. The van der Waals surface area contributed by atoms with Gasteiger partial charge in [0.1, 0.15) is 0 Å². The molecule has 1 aromatic carbocycles. The molecule has 1 aliphatic heterocycles. The van der Waals surface area contributed by atoms with E-state index in [1.54, 1.807) is 0 Å². The Hall–Kier alpha value is -1.55. The molecule has 0 unspecified atom stereocenters. The van der Waals surface area contributed by atoms with Gasteiger partial charge in [0.25, 0.3) is 0 Å². The van der Waals surface area contributed by atoms with Crippen molar-refractivity contribution in [2.75, 3.05) is 25.0 Å². The van der Waals surface area contributed by atoms with Crippen molar-refractivity contribution in [3.8, 4) is 0 Å². The van der Waals surface area contributed by atoms with E-state index in [2.05, 4.69) is 49.6 Å². The van der Waals surface area contributed by atoms with E-state index in [9.17, 15) is 4.79 Å². The molecule has 1 aromatic rings. The van der Waals surface area contributed by atoms with Gasteiger partial charge in [0.05, 0.1) is 0 Å². The summed E-state index contributed by atoms with van der Waals surface area (Å²) in [5.41, 5.74) is 4.09. The fourth-order valence-corrected chi connectivity index (χ4v) is 3.83. The second kappa shape index (κ2) is 7.77. The molecule has 1 saturated heterocycles. The van der Waals surface area contributed by atoms with Crippen LogP contribution in [0.3, 0.4) is 0 Å². The molecule has 0 aromatic heterocycles. The average molecular weight is 344 g/mol. The van der Waals surface area contributed by atoms with Crippen molar-refractivity contribution < 1.29 is 4.79 Å². The van der Waals surface area contributed by atoms with E-state index in [4.69, 9.17) is 0 Å². The van der Waals surface area contributed by atoms with Crippen LogP contribution in [0.25, 0.3) is 0 Å². The van der Waals surface area contributed by atoms with E-state index in [0.717, 1.165) is 51.0 Å². The van der Waals surface area contributed by atoms with Crippen molar-refractivity contribution >= 4 is 11.7 Å². The number of piperidine rings is 1. The maximum Gasteiger partial charge on any atom is 0.321 e. The smallest absolute Gasteiger partial charge is 0.321 e. The lowest BCUT2D eigenvalue weighted by molar-refractivity contribution is 0.185. The van der Waals surface area contributed by atoms with Gasteiger partial charge in [0.15, 0.2) is 0 Å². The summed E-state index contributed by atoms with van der Waals surface area (Å²) < 4.78 is 0. The van der Waals surface area contributed by atoms with E-state index >= 15 is 0 Å². The summed E-state index contributed by atoms with van der Waals surface area (Å²) in [6.45, 7) is 9.46. The maximum atomic E-state index is 12.7. The van der Waals surface area contributed by atoms with Gasteiger partial charge < -0.3 is 15.5 Å². The van der Waals surface area contributed by atoms with Gasteiger partial charge in [-0.05, 0) is 61.1 Å². The SMILES string of the molecule is CC(C)(C)CNC1CCN(C(=O)Nc2cccc3c2CCCC3)CC1. The molecule has 0 saturated carbocycles. The molecule has 4 heteroatoms. The second-order valence-electron chi connectivity index (χ2n) is 8.78. The number of carbonyl (C=O) groups is 1. The van der Waals surface area contributed by atoms with Crippen molar-refractivity contribution in [1.82, 2.24) is 10.2 Å². The van der Waals surface area contributed by atoms with Crippen LogP contribution in [0.15, 0.2) is 18.2 Å². The standard InChI is InChI=1S/C21H33N3O/c1-21(2,3)15-22-17-11-13-24(14-12-17)20(25)23-19-10-6-8-16-7-4-5-9-18(16)19/h6,8,10,17,22H,4-5,7,9,11-15H2,1-3H3,(H,23,25). The molecule has 25 heavy (non-hydrogen) atoms. The Morgan fingerprint density at radius 1 is 1.16 bits per heavy atom. The van der Waals surface area contributed by atoms with E-state index in [1.807, 2.05) is 4.90 Å². The third-order valence-electron chi connectivity index (χ3n) is 5.34. The van der Waals surface area contributed by atoms with Crippen molar-refractivity contribution in [2.24, 2.45) is 5.41 Å². The van der Waals surface area contributed by atoms with Crippen LogP contribution >= 0.6 is 0 Å². The van der Waals surface area contributed by atoms with E-state index in [0.29, 0.717) is 11.5 Å². The van der Waals surface area contributed by atoms with Crippen LogP contribution in [-0.2, 0) is 12.8 Å². The van der Waals surface area contributed by atoms with Crippen molar-refractivity contribution in [1.29, 1.82) is 0 Å². The van der Waals surface area contributed by atoms with Crippen LogP contribution < -0.4 is 10.6 Å². The molecule has 2 N–H and O–H groups in total. The third kappa shape index (κ3) is 4.97. The Morgan fingerprint density at radius 3 is 2.60 bits per heavy atom. The molecule has 138 valence electrons. The second-order valence-corrected chi connectivity index (χ2v) is 8.78. The summed E-state index contributed by atoms with van der Waals surface area (Å²) in [6.07, 6.45) is 6.80. The summed E-state index contributed by atoms with van der Waals surface area (Å²) >= 11 is 0. The molecule has 1 fully saturated rings. The Kier molecular flexibility index (Phi) is 5.67. The molecular formula is C21H33N3O. The topological polar surface area (TPSA) is 44.4 Å². The first-order valence-electron chi connectivity index (χ1n) is 9.82. The predicted octanol–water partition coefficient (Wildman–Crippen LogP) is 4.20. The van der Waals surface area contributed by atoms with Crippen LogP contribution in [0, 0.1) is 5.41 Å². The van der Waals surface area contributed by atoms with Gasteiger partial charge in [0, 0.05) is 31.4 Å². The van der Waals surface area contributed by atoms with Crippen LogP contribution in [0.4, 0.5) is 10.5 Å². The predicted molar refractivity (Wildman–Crippen MR) is 104 cm³/mol. The number of anilines is 1. The molecule has 2 aliphatic rings. The van der Waals surface area contributed by atoms with E-state index < -0.39 is 0 Å². The van der Waals surface area contributed by atoms with Crippen molar-refractivity contribution in [2.45, 2.75) is 65.3 Å². The van der Waals surface area contributed by atoms with Crippen LogP contribution in [0.2, 0.25) is 0 Å². The molecule has 1 heterocycles. The minimum absolute atomic E-state index is 0.0632. The van der Waals surface area contributed by atoms with Gasteiger partial charge in [0.2, 0.25) is 0 Å². The summed E-state index contributed by atoms with van der Waals surface area (Å²) in [5, 5.41) is 6.83. The fraction of sp³-hybridized carbons (Fsp3) is 0.667. The Morgan fingerprint density at radius 2 is 1.88 bits per heavy atom. The van der Waals surface area contributed by atoms with Crippen LogP contribution in [0.5, 0.6) is 0 Å². The minimum Gasteiger partial charge on any atom is -0.324 e. The lowest BCUT2D eigenvalue weighted by Crippen LogP contribution is -2.47. The van der Waals surface area contributed by atoms with E-state index in [-0.39, 0.29) is 6.03 Å². The number of hydrogen-bond donors (Lipinski definition) is 2. The number of benzene rings is 1. The molecule has 1 aliphatic carbocycles. The number of hydrogen-bond acceptors (Lipinski definition) is 2. The first-order valence-corrected chi connectivity index (χ1v) is 9.82. The normalized spacial score (nSPS) is 18.8. The lowest BCUT2D eigenvalue weighted by atomic mass is 9.90.